The first-order valence-electron chi connectivity index (χ1n) is 8.72. The number of hydrogen-bond donors (Lipinski definition) is 1. The zero-order valence-corrected chi connectivity index (χ0v) is 16.7. The second kappa shape index (κ2) is 7.46. The molecule has 8 nitrogen and oxygen atoms in total. The van der Waals surface area contributed by atoms with Crippen molar-refractivity contribution in [2.45, 2.75) is 19.0 Å². The molecule has 2 unspecified atom stereocenters. The van der Waals surface area contributed by atoms with Crippen LogP contribution < -0.4 is 10.2 Å². The fraction of sp³-hybridized carbons (Fsp3) is 0.211. The lowest BCUT2D eigenvalue weighted by molar-refractivity contribution is -0.123. The number of halogens is 2. The number of nitrogens with zero attached hydrogens (tertiary/aromatic N) is 4. The molecule has 2 aliphatic rings. The summed E-state index contributed by atoms with van der Waals surface area (Å²) < 4.78 is 0. The molecule has 148 valence electrons. The Balaban J connectivity index is 1.50. The van der Waals surface area contributed by atoms with Gasteiger partial charge in [-0.1, -0.05) is 46.1 Å². The number of anilines is 2. The minimum atomic E-state index is -1.01. The molecule has 2 aromatic carbocycles. The maximum Gasteiger partial charge on any atom is 0.263 e. The number of carbonyl (C=O) groups excluding carboxylic acids is 3. The van der Waals surface area contributed by atoms with E-state index < -0.39 is 23.9 Å². The Morgan fingerprint density at radius 2 is 1.83 bits per heavy atom. The van der Waals surface area contributed by atoms with Gasteiger partial charge in [-0.2, -0.15) is 5.11 Å². The van der Waals surface area contributed by atoms with Crippen LogP contribution in [0.4, 0.5) is 11.4 Å². The third-order valence-electron chi connectivity index (χ3n) is 4.65. The van der Waals surface area contributed by atoms with E-state index in [1.54, 1.807) is 12.1 Å². The first kappa shape index (κ1) is 19.4. The SMILES string of the molecule is Cc1ccc(NC(=O)CN2N=NC3C(=O)N(c4ccc(Cl)cc4Cl)C(=O)C32)cc1. The first-order chi connectivity index (χ1) is 13.8. The fourth-order valence-electron chi connectivity index (χ4n) is 3.24. The molecule has 3 amide bonds. The molecule has 0 aromatic heterocycles. The molecule has 1 N–H and O–H groups in total. The van der Waals surface area contributed by atoms with Crippen molar-refractivity contribution in [1.82, 2.24) is 5.01 Å². The summed E-state index contributed by atoms with van der Waals surface area (Å²) in [4.78, 5) is 39.0. The number of amides is 3. The second-order valence-electron chi connectivity index (χ2n) is 6.71. The molecule has 2 atom stereocenters. The molecule has 1 fully saturated rings. The molecule has 2 aromatic rings. The van der Waals surface area contributed by atoms with Gasteiger partial charge in [0.05, 0.1) is 10.7 Å². The van der Waals surface area contributed by atoms with Crippen molar-refractivity contribution in [2.75, 3.05) is 16.8 Å². The molecule has 29 heavy (non-hydrogen) atoms. The van der Waals surface area contributed by atoms with Crippen LogP contribution in [0.5, 0.6) is 0 Å². The molecule has 0 spiro atoms. The summed E-state index contributed by atoms with van der Waals surface area (Å²) in [6.45, 7) is 1.72. The molecule has 4 rings (SSSR count). The standard InChI is InChI=1S/C19H15Cl2N5O3/c1-10-2-5-12(6-3-10)22-15(27)9-25-17-16(23-24-25)18(28)26(19(17)29)14-7-4-11(20)8-13(14)21/h2-8,16-17H,9H2,1H3,(H,22,27). The quantitative estimate of drug-likeness (QED) is 0.751. The molecule has 0 aliphatic carbocycles. The van der Waals surface area contributed by atoms with E-state index in [9.17, 15) is 14.4 Å². The average Bonchev–Trinajstić information content (AvgIpc) is 3.18. The van der Waals surface area contributed by atoms with Gasteiger partial charge in [0.2, 0.25) is 5.91 Å². The molecule has 2 aliphatic heterocycles. The van der Waals surface area contributed by atoms with Gasteiger partial charge < -0.3 is 5.32 Å². The molecular weight excluding hydrogens is 417 g/mol. The van der Waals surface area contributed by atoms with Crippen LogP contribution in [0.25, 0.3) is 0 Å². The lowest BCUT2D eigenvalue weighted by Gasteiger charge is -2.20. The van der Waals surface area contributed by atoms with Crippen LogP contribution in [0.2, 0.25) is 10.0 Å². The summed E-state index contributed by atoms with van der Waals surface area (Å²) in [6.07, 6.45) is 0. The Labute approximate surface area is 176 Å². The van der Waals surface area contributed by atoms with Gasteiger partial charge in [-0.3, -0.25) is 19.4 Å². The summed E-state index contributed by atoms with van der Waals surface area (Å²) in [5.74, 6) is -1.47. The highest BCUT2D eigenvalue weighted by molar-refractivity contribution is 6.38. The highest BCUT2D eigenvalue weighted by Gasteiger charge is 2.55. The van der Waals surface area contributed by atoms with Crippen molar-refractivity contribution < 1.29 is 14.4 Å². The number of benzene rings is 2. The van der Waals surface area contributed by atoms with Gasteiger partial charge in [0.1, 0.15) is 6.54 Å². The maximum absolute atomic E-state index is 12.9. The smallest absolute Gasteiger partial charge is 0.263 e. The van der Waals surface area contributed by atoms with E-state index in [1.807, 2.05) is 19.1 Å². The monoisotopic (exact) mass is 431 g/mol. The molecule has 1 saturated heterocycles. The molecule has 0 bridgehead atoms. The Bertz CT molecular complexity index is 1040. The first-order valence-corrected chi connectivity index (χ1v) is 9.47. The lowest BCUT2D eigenvalue weighted by atomic mass is 10.1. The van der Waals surface area contributed by atoms with E-state index >= 15 is 0 Å². The van der Waals surface area contributed by atoms with E-state index in [0.717, 1.165) is 10.5 Å². The van der Waals surface area contributed by atoms with Gasteiger partial charge in [-0.05, 0) is 37.3 Å². The van der Waals surface area contributed by atoms with Gasteiger partial charge in [0.15, 0.2) is 12.1 Å². The lowest BCUT2D eigenvalue weighted by Crippen LogP contribution is -2.43. The number of fused-ring (bicyclic) bond motifs is 1. The number of nitrogens with one attached hydrogen (secondary N) is 1. The van der Waals surface area contributed by atoms with Gasteiger partial charge in [0.25, 0.3) is 11.8 Å². The Kier molecular flexibility index (Phi) is 4.97. The highest BCUT2D eigenvalue weighted by Crippen LogP contribution is 2.36. The fourth-order valence-corrected chi connectivity index (χ4v) is 3.73. The molecule has 2 heterocycles. The number of carbonyl (C=O) groups is 3. The number of hydrogen-bond acceptors (Lipinski definition) is 6. The average molecular weight is 432 g/mol. The highest BCUT2D eigenvalue weighted by atomic mass is 35.5. The van der Waals surface area contributed by atoms with Crippen molar-refractivity contribution in [3.8, 4) is 0 Å². The Morgan fingerprint density at radius 3 is 2.52 bits per heavy atom. The number of aryl methyl sites for hydroxylation is 1. The topological polar surface area (TPSA) is 94.4 Å². The Hall–Kier alpha value is -2.97. The third-order valence-corrected chi connectivity index (χ3v) is 5.19. The second-order valence-corrected chi connectivity index (χ2v) is 7.56. The van der Waals surface area contributed by atoms with Crippen LogP contribution in [0.15, 0.2) is 52.8 Å². The Morgan fingerprint density at radius 1 is 1.10 bits per heavy atom. The largest absolute Gasteiger partial charge is 0.324 e. The van der Waals surface area contributed by atoms with Crippen LogP contribution in [-0.2, 0) is 14.4 Å². The molecule has 0 saturated carbocycles. The summed E-state index contributed by atoms with van der Waals surface area (Å²) in [7, 11) is 0. The summed E-state index contributed by atoms with van der Waals surface area (Å²) in [6, 6.07) is 9.76. The predicted octanol–water partition coefficient (Wildman–Crippen LogP) is 3.23. The maximum atomic E-state index is 12.9. The van der Waals surface area contributed by atoms with E-state index in [1.165, 1.54) is 23.2 Å². The minimum Gasteiger partial charge on any atom is -0.324 e. The summed E-state index contributed by atoms with van der Waals surface area (Å²) in [5, 5.41) is 12.3. The van der Waals surface area contributed by atoms with Crippen molar-refractivity contribution in [3.05, 3.63) is 58.1 Å². The van der Waals surface area contributed by atoms with Crippen LogP contribution in [0, 0.1) is 6.92 Å². The normalized spacial score (nSPS) is 20.4. The van der Waals surface area contributed by atoms with E-state index in [4.69, 9.17) is 23.2 Å². The summed E-state index contributed by atoms with van der Waals surface area (Å²) in [5.41, 5.74) is 1.91. The van der Waals surface area contributed by atoms with Crippen LogP contribution in [-0.4, -0.2) is 41.4 Å². The van der Waals surface area contributed by atoms with Gasteiger partial charge >= 0.3 is 0 Å². The van der Waals surface area contributed by atoms with Crippen molar-refractivity contribution in [2.24, 2.45) is 10.3 Å². The van der Waals surface area contributed by atoms with Gasteiger partial charge in [-0.25, -0.2) is 4.90 Å². The van der Waals surface area contributed by atoms with Crippen molar-refractivity contribution >= 4 is 52.3 Å². The van der Waals surface area contributed by atoms with Crippen molar-refractivity contribution in [3.63, 3.8) is 0 Å². The summed E-state index contributed by atoms with van der Waals surface area (Å²) >= 11 is 12.0. The van der Waals surface area contributed by atoms with Gasteiger partial charge in [0, 0.05) is 10.7 Å². The zero-order chi connectivity index (χ0) is 20.7. The predicted molar refractivity (Wildman–Crippen MR) is 108 cm³/mol. The van der Waals surface area contributed by atoms with E-state index in [-0.39, 0.29) is 23.2 Å². The molecule has 0 radical (unpaired) electrons. The molecule has 10 heteroatoms. The number of imide groups is 1. The van der Waals surface area contributed by atoms with Gasteiger partial charge in [-0.15, -0.1) is 0 Å². The van der Waals surface area contributed by atoms with E-state index in [0.29, 0.717) is 10.7 Å². The molecular formula is C19H15Cl2N5O3. The van der Waals surface area contributed by atoms with Crippen LogP contribution in [0.1, 0.15) is 5.56 Å². The van der Waals surface area contributed by atoms with Crippen molar-refractivity contribution in [1.29, 1.82) is 0 Å². The van der Waals surface area contributed by atoms with Crippen LogP contribution >= 0.6 is 23.2 Å². The van der Waals surface area contributed by atoms with Crippen LogP contribution in [0.3, 0.4) is 0 Å². The van der Waals surface area contributed by atoms with E-state index in [2.05, 4.69) is 15.7 Å². The number of rotatable bonds is 4. The third kappa shape index (κ3) is 3.56. The zero-order valence-electron chi connectivity index (χ0n) is 15.2. The minimum absolute atomic E-state index is 0.166.